The van der Waals surface area contributed by atoms with E-state index < -0.39 is 11.7 Å². The number of amides is 1. The summed E-state index contributed by atoms with van der Waals surface area (Å²) >= 11 is 6.00. The number of H-pyrrole nitrogens is 1. The molecule has 5 aromatic rings. The molecule has 194 valence electrons. The van der Waals surface area contributed by atoms with Crippen molar-refractivity contribution in [1.82, 2.24) is 29.5 Å². The molecule has 1 saturated heterocycles. The maximum atomic E-state index is 13.8. The number of rotatable bonds is 7. The van der Waals surface area contributed by atoms with Gasteiger partial charge in [0, 0.05) is 30.7 Å². The fourth-order valence-corrected chi connectivity index (χ4v) is 4.52. The number of anilines is 1. The molecule has 2 N–H and O–H groups in total. The lowest BCUT2D eigenvalue weighted by Crippen LogP contribution is -2.38. The lowest BCUT2D eigenvalue weighted by molar-refractivity contribution is 0.0319. The zero-order valence-electron chi connectivity index (χ0n) is 20.2. The average Bonchev–Trinajstić information content (AvgIpc) is 3.51. The van der Waals surface area contributed by atoms with E-state index in [0.29, 0.717) is 39.8 Å². The molecule has 1 amide bonds. The molecule has 1 aliphatic heterocycles. The second-order valence-corrected chi connectivity index (χ2v) is 9.27. The summed E-state index contributed by atoms with van der Waals surface area (Å²) in [5.74, 6) is -0.153. The summed E-state index contributed by atoms with van der Waals surface area (Å²) in [6.07, 6.45) is 1.54. The van der Waals surface area contributed by atoms with Crippen LogP contribution in [0, 0.1) is 5.82 Å². The molecule has 0 bridgehead atoms. The Hall–Kier alpha value is -4.06. The third-order valence-electron chi connectivity index (χ3n) is 6.20. The predicted molar refractivity (Wildman–Crippen MR) is 140 cm³/mol. The van der Waals surface area contributed by atoms with Crippen LogP contribution in [0.1, 0.15) is 10.5 Å². The largest absolute Gasteiger partial charge is 0.475 e. The van der Waals surface area contributed by atoms with Crippen molar-refractivity contribution in [2.75, 3.05) is 44.8 Å². The van der Waals surface area contributed by atoms with Crippen LogP contribution in [0.15, 0.2) is 54.7 Å². The molecule has 1 fully saturated rings. The van der Waals surface area contributed by atoms with Gasteiger partial charge in [-0.1, -0.05) is 17.7 Å². The lowest BCUT2D eigenvalue weighted by atomic mass is 10.1. The van der Waals surface area contributed by atoms with Crippen LogP contribution >= 0.6 is 11.6 Å². The normalized spacial score (nSPS) is 14.3. The van der Waals surface area contributed by atoms with Crippen LogP contribution in [-0.4, -0.2) is 74.8 Å². The molecule has 4 heterocycles. The highest BCUT2D eigenvalue weighted by atomic mass is 35.5. The van der Waals surface area contributed by atoms with Gasteiger partial charge in [0.2, 0.25) is 11.8 Å². The van der Waals surface area contributed by atoms with Gasteiger partial charge >= 0.3 is 0 Å². The molecule has 3 aromatic heterocycles. The highest BCUT2D eigenvalue weighted by Crippen LogP contribution is 2.27. The number of morpholine rings is 1. The van der Waals surface area contributed by atoms with Gasteiger partial charge in [-0.2, -0.15) is 0 Å². The standard InChI is InChI=1S/C26H23ClFN7O3/c27-18-11-17(12-19(28)14-18)16-1-2-20-21(13-16)31-26(30-20)32-25(36)22-15-35-23(29-22)3-4-24(33-35)38-10-7-34-5-8-37-9-6-34/h1-4,11-15H,5-10H2,(H2,30,31,32,36). The first-order valence-electron chi connectivity index (χ1n) is 12.1. The summed E-state index contributed by atoms with van der Waals surface area (Å²) in [4.78, 5) is 27.0. The van der Waals surface area contributed by atoms with Crippen LogP contribution < -0.4 is 10.1 Å². The summed E-state index contributed by atoms with van der Waals surface area (Å²) in [7, 11) is 0. The number of carbonyl (C=O) groups excluding carboxylic acids is 1. The number of imidazole rings is 2. The van der Waals surface area contributed by atoms with Crippen LogP contribution in [0.3, 0.4) is 0 Å². The van der Waals surface area contributed by atoms with E-state index in [2.05, 4.69) is 30.3 Å². The number of aromatic nitrogens is 5. The van der Waals surface area contributed by atoms with Crippen molar-refractivity contribution in [1.29, 1.82) is 0 Å². The van der Waals surface area contributed by atoms with Gasteiger partial charge in [-0.15, -0.1) is 5.10 Å². The van der Waals surface area contributed by atoms with Gasteiger partial charge in [0.05, 0.1) is 30.4 Å². The summed E-state index contributed by atoms with van der Waals surface area (Å²) in [6, 6.07) is 13.2. The third-order valence-corrected chi connectivity index (χ3v) is 6.42. The summed E-state index contributed by atoms with van der Waals surface area (Å²) in [5.41, 5.74) is 3.40. The van der Waals surface area contributed by atoms with E-state index >= 15 is 0 Å². The highest BCUT2D eigenvalue weighted by Gasteiger charge is 2.15. The monoisotopic (exact) mass is 535 g/mol. The van der Waals surface area contributed by atoms with Crippen molar-refractivity contribution in [3.63, 3.8) is 0 Å². The van der Waals surface area contributed by atoms with E-state index in [-0.39, 0.29) is 11.6 Å². The molecule has 6 rings (SSSR count). The number of aromatic amines is 1. The molecule has 1 aliphatic rings. The van der Waals surface area contributed by atoms with Gasteiger partial charge < -0.3 is 14.5 Å². The minimum Gasteiger partial charge on any atom is -0.475 e. The van der Waals surface area contributed by atoms with Gasteiger partial charge in [0.25, 0.3) is 5.91 Å². The molecule has 12 heteroatoms. The zero-order valence-corrected chi connectivity index (χ0v) is 20.9. The van der Waals surface area contributed by atoms with Gasteiger partial charge in [-0.05, 0) is 47.5 Å². The first kappa shape index (κ1) is 24.3. The van der Waals surface area contributed by atoms with Gasteiger partial charge in [-0.3, -0.25) is 15.0 Å². The molecule has 0 atom stereocenters. The van der Waals surface area contributed by atoms with Gasteiger partial charge in [0.1, 0.15) is 18.1 Å². The van der Waals surface area contributed by atoms with E-state index in [1.807, 2.05) is 12.1 Å². The molecule has 38 heavy (non-hydrogen) atoms. The van der Waals surface area contributed by atoms with Gasteiger partial charge in [-0.25, -0.2) is 18.9 Å². The smallest absolute Gasteiger partial charge is 0.278 e. The van der Waals surface area contributed by atoms with E-state index in [9.17, 15) is 9.18 Å². The Bertz CT molecular complexity index is 1610. The Balaban J connectivity index is 1.13. The van der Waals surface area contributed by atoms with Crippen LogP contribution in [0.4, 0.5) is 10.3 Å². The number of hydrogen-bond acceptors (Lipinski definition) is 7. The number of nitrogens with zero attached hydrogens (tertiary/aromatic N) is 5. The molecule has 0 aliphatic carbocycles. The molecule has 10 nitrogen and oxygen atoms in total. The van der Waals surface area contributed by atoms with Crippen molar-refractivity contribution in [2.24, 2.45) is 0 Å². The number of carbonyl (C=O) groups is 1. The van der Waals surface area contributed by atoms with Crippen LogP contribution in [0.5, 0.6) is 5.88 Å². The number of benzene rings is 2. The molecule has 0 spiro atoms. The lowest BCUT2D eigenvalue weighted by Gasteiger charge is -2.26. The summed E-state index contributed by atoms with van der Waals surface area (Å²) in [5, 5.41) is 7.45. The van der Waals surface area contributed by atoms with Crippen molar-refractivity contribution in [2.45, 2.75) is 0 Å². The zero-order chi connectivity index (χ0) is 26.1. The molecular weight excluding hydrogens is 513 g/mol. The van der Waals surface area contributed by atoms with E-state index in [1.165, 1.54) is 22.8 Å². The second-order valence-electron chi connectivity index (χ2n) is 8.83. The van der Waals surface area contributed by atoms with Crippen LogP contribution in [-0.2, 0) is 4.74 Å². The topological polar surface area (TPSA) is 110 Å². The number of hydrogen-bond donors (Lipinski definition) is 2. The second kappa shape index (κ2) is 10.4. The van der Waals surface area contributed by atoms with E-state index in [4.69, 9.17) is 21.1 Å². The van der Waals surface area contributed by atoms with Crippen LogP contribution in [0.2, 0.25) is 5.02 Å². The van der Waals surface area contributed by atoms with E-state index in [0.717, 1.165) is 38.4 Å². The summed E-state index contributed by atoms with van der Waals surface area (Å²) < 4.78 is 26.4. The maximum Gasteiger partial charge on any atom is 0.278 e. The Labute approximate surface area is 221 Å². The minimum absolute atomic E-state index is 0.179. The summed E-state index contributed by atoms with van der Waals surface area (Å²) in [6.45, 7) is 4.55. The molecular formula is C26H23ClFN7O3. The minimum atomic E-state index is -0.443. The highest BCUT2D eigenvalue weighted by molar-refractivity contribution is 6.30. The Morgan fingerprint density at radius 2 is 1.97 bits per heavy atom. The molecule has 2 aromatic carbocycles. The first-order chi connectivity index (χ1) is 18.5. The maximum absolute atomic E-state index is 13.8. The number of ether oxygens (including phenoxy) is 2. The Morgan fingerprint density at radius 1 is 1.11 bits per heavy atom. The fourth-order valence-electron chi connectivity index (χ4n) is 4.30. The quantitative estimate of drug-likeness (QED) is 0.324. The number of halogens is 2. The molecule has 0 unspecified atom stereocenters. The number of fused-ring (bicyclic) bond motifs is 2. The predicted octanol–water partition coefficient (Wildman–Crippen LogP) is 4.03. The molecule has 0 saturated carbocycles. The van der Waals surface area contributed by atoms with E-state index in [1.54, 1.807) is 24.3 Å². The average molecular weight is 536 g/mol. The van der Waals surface area contributed by atoms with Crippen molar-refractivity contribution < 1.29 is 18.7 Å². The van der Waals surface area contributed by atoms with Gasteiger partial charge in [0.15, 0.2) is 5.65 Å². The fraction of sp³-hybridized carbons (Fsp3) is 0.231. The Morgan fingerprint density at radius 3 is 2.82 bits per heavy atom. The number of nitrogens with one attached hydrogen (secondary N) is 2. The Kier molecular flexibility index (Phi) is 6.62. The van der Waals surface area contributed by atoms with Crippen molar-refractivity contribution in [3.05, 3.63) is 71.3 Å². The van der Waals surface area contributed by atoms with Crippen molar-refractivity contribution in [3.8, 4) is 17.0 Å². The van der Waals surface area contributed by atoms with Crippen molar-refractivity contribution >= 4 is 40.1 Å². The SMILES string of the molecule is O=C(Nc1nc2ccc(-c3cc(F)cc(Cl)c3)cc2[nH]1)c1cn2nc(OCCN3CCOCC3)ccc2n1. The first-order valence-corrected chi connectivity index (χ1v) is 12.4. The third kappa shape index (κ3) is 5.30. The van der Waals surface area contributed by atoms with Crippen LogP contribution in [0.25, 0.3) is 27.8 Å². The molecule has 0 radical (unpaired) electrons.